The summed E-state index contributed by atoms with van der Waals surface area (Å²) in [7, 11) is 1.86. The van der Waals surface area contributed by atoms with Crippen LogP contribution in [0.3, 0.4) is 0 Å². The molecule has 0 N–H and O–H groups in total. The van der Waals surface area contributed by atoms with Crippen LogP contribution in [0, 0.1) is 17.7 Å². The van der Waals surface area contributed by atoms with Crippen molar-refractivity contribution in [1.82, 2.24) is 19.2 Å². The highest BCUT2D eigenvalue weighted by Crippen LogP contribution is 2.38. The van der Waals surface area contributed by atoms with E-state index < -0.39 is 0 Å². The maximum atomic E-state index is 14.4. The SMILES string of the molecule is C[n+]1ccn(C(=O)N2CC3CN(c4cccc5c4cnn5-c4ccccc4F)C(=O)C3C2)c1. The number of carbonyl (C=O) groups is 2. The average molecular weight is 445 g/mol. The van der Waals surface area contributed by atoms with Crippen LogP contribution in [-0.4, -0.2) is 50.8 Å². The first-order chi connectivity index (χ1) is 16.0. The number of halogens is 1. The van der Waals surface area contributed by atoms with Gasteiger partial charge in [-0.3, -0.25) is 4.79 Å². The Morgan fingerprint density at radius 1 is 1.09 bits per heavy atom. The summed E-state index contributed by atoms with van der Waals surface area (Å²) in [5.74, 6) is -0.502. The first-order valence-corrected chi connectivity index (χ1v) is 10.9. The molecule has 4 heterocycles. The van der Waals surface area contributed by atoms with E-state index in [2.05, 4.69) is 5.10 Å². The Labute approximate surface area is 189 Å². The quantitative estimate of drug-likeness (QED) is 0.445. The zero-order chi connectivity index (χ0) is 22.7. The minimum absolute atomic E-state index is 0.0134. The number of fused-ring (bicyclic) bond motifs is 2. The minimum Gasteiger partial charge on any atom is -0.311 e. The molecule has 33 heavy (non-hydrogen) atoms. The Hall–Kier alpha value is -4.01. The van der Waals surface area contributed by atoms with Crippen LogP contribution < -0.4 is 9.47 Å². The minimum atomic E-state index is -0.360. The molecule has 2 atom stereocenters. The van der Waals surface area contributed by atoms with E-state index in [-0.39, 0.29) is 29.6 Å². The van der Waals surface area contributed by atoms with Gasteiger partial charge in [-0.25, -0.2) is 18.4 Å². The van der Waals surface area contributed by atoms with E-state index >= 15 is 0 Å². The predicted molar refractivity (Wildman–Crippen MR) is 118 cm³/mol. The van der Waals surface area contributed by atoms with Gasteiger partial charge in [0.15, 0.2) is 0 Å². The first-order valence-electron chi connectivity index (χ1n) is 10.9. The summed E-state index contributed by atoms with van der Waals surface area (Å²) in [6.07, 6.45) is 6.93. The molecule has 166 valence electrons. The lowest BCUT2D eigenvalue weighted by atomic mass is 10.0. The van der Waals surface area contributed by atoms with Crippen molar-refractivity contribution in [1.29, 1.82) is 0 Å². The second-order valence-electron chi connectivity index (χ2n) is 8.71. The van der Waals surface area contributed by atoms with E-state index in [4.69, 9.17) is 0 Å². The lowest BCUT2D eigenvalue weighted by molar-refractivity contribution is -0.670. The van der Waals surface area contributed by atoms with Gasteiger partial charge in [-0.15, -0.1) is 0 Å². The Kier molecular flexibility index (Phi) is 4.33. The number of rotatable bonds is 2. The fourth-order valence-corrected chi connectivity index (χ4v) is 5.05. The van der Waals surface area contributed by atoms with Gasteiger partial charge >= 0.3 is 6.03 Å². The van der Waals surface area contributed by atoms with Crippen molar-refractivity contribution >= 4 is 28.5 Å². The van der Waals surface area contributed by atoms with Crippen LogP contribution in [-0.2, 0) is 11.8 Å². The molecule has 0 saturated carbocycles. The van der Waals surface area contributed by atoms with Gasteiger partial charge in [0.05, 0.1) is 30.4 Å². The van der Waals surface area contributed by atoms with Gasteiger partial charge in [0.1, 0.15) is 23.9 Å². The molecule has 2 aliphatic rings. The number of imidazole rings is 1. The first kappa shape index (κ1) is 19.7. The fraction of sp³-hybridized carbons (Fsp3) is 0.250. The number of benzene rings is 2. The van der Waals surface area contributed by atoms with Crippen LogP contribution in [0.25, 0.3) is 16.6 Å². The molecule has 0 aliphatic carbocycles. The topological polar surface area (TPSA) is 67.2 Å². The molecule has 8 nitrogen and oxygen atoms in total. The highest BCUT2D eigenvalue weighted by atomic mass is 19.1. The number of amides is 2. The van der Waals surface area contributed by atoms with Crippen molar-refractivity contribution in [2.75, 3.05) is 24.5 Å². The summed E-state index contributed by atoms with van der Waals surface area (Å²) in [5, 5.41) is 5.20. The number of likely N-dealkylation sites (tertiary alicyclic amines) is 1. The largest absolute Gasteiger partial charge is 0.415 e. The molecule has 9 heteroatoms. The van der Waals surface area contributed by atoms with E-state index in [1.807, 2.05) is 36.0 Å². The molecule has 0 spiro atoms. The molecule has 2 fully saturated rings. The van der Waals surface area contributed by atoms with Gasteiger partial charge < -0.3 is 9.80 Å². The third kappa shape index (κ3) is 3.03. The summed E-state index contributed by atoms with van der Waals surface area (Å²) >= 11 is 0. The molecule has 2 amide bonds. The maximum absolute atomic E-state index is 14.4. The second kappa shape index (κ2) is 7.26. The normalized spacial score (nSPS) is 20.1. The summed E-state index contributed by atoms with van der Waals surface area (Å²) in [6, 6.07) is 12.0. The van der Waals surface area contributed by atoms with Crippen LogP contribution in [0.5, 0.6) is 0 Å². The van der Waals surface area contributed by atoms with Gasteiger partial charge in [0.2, 0.25) is 5.91 Å². The predicted octanol–water partition coefficient (Wildman–Crippen LogP) is 2.35. The van der Waals surface area contributed by atoms with Crippen LogP contribution in [0.15, 0.2) is 67.4 Å². The Morgan fingerprint density at radius 3 is 2.67 bits per heavy atom. The molecule has 4 aromatic rings. The van der Waals surface area contributed by atoms with Gasteiger partial charge in [0, 0.05) is 30.9 Å². The lowest BCUT2D eigenvalue weighted by Gasteiger charge is -2.21. The molecular weight excluding hydrogens is 423 g/mol. The van der Waals surface area contributed by atoms with Gasteiger partial charge in [0.25, 0.3) is 6.33 Å². The van der Waals surface area contributed by atoms with Gasteiger partial charge in [-0.1, -0.05) is 18.2 Å². The number of aromatic nitrogens is 4. The third-order valence-electron chi connectivity index (χ3n) is 6.66. The molecule has 2 aliphatic heterocycles. The van der Waals surface area contributed by atoms with Crippen molar-refractivity contribution in [2.24, 2.45) is 18.9 Å². The van der Waals surface area contributed by atoms with Gasteiger partial charge in [-0.2, -0.15) is 9.67 Å². The van der Waals surface area contributed by atoms with Crippen molar-refractivity contribution in [3.8, 4) is 5.69 Å². The molecule has 0 radical (unpaired) electrons. The van der Waals surface area contributed by atoms with E-state index in [1.54, 1.807) is 56.0 Å². The molecule has 2 saturated heterocycles. The molecular formula is C24H22FN6O2+. The van der Waals surface area contributed by atoms with Crippen LogP contribution in [0.4, 0.5) is 14.9 Å². The number of hydrogen-bond acceptors (Lipinski definition) is 3. The van der Waals surface area contributed by atoms with Gasteiger partial charge in [-0.05, 0) is 24.3 Å². The zero-order valence-electron chi connectivity index (χ0n) is 18.0. The summed E-state index contributed by atoms with van der Waals surface area (Å²) in [5.41, 5.74) is 1.87. The summed E-state index contributed by atoms with van der Waals surface area (Å²) in [6.45, 7) is 1.49. The third-order valence-corrected chi connectivity index (χ3v) is 6.66. The molecule has 0 bridgehead atoms. The Morgan fingerprint density at radius 2 is 1.91 bits per heavy atom. The lowest BCUT2D eigenvalue weighted by Crippen LogP contribution is -2.38. The zero-order valence-corrected chi connectivity index (χ0v) is 18.0. The van der Waals surface area contributed by atoms with Crippen LogP contribution >= 0.6 is 0 Å². The smallest absolute Gasteiger partial charge is 0.311 e. The highest BCUT2D eigenvalue weighted by Gasteiger charge is 2.49. The van der Waals surface area contributed by atoms with Crippen LogP contribution in [0.2, 0.25) is 0 Å². The monoisotopic (exact) mass is 445 g/mol. The van der Waals surface area contributed by atoms with Crippen molar-refractivity contribution in [3.63, 3.8) is 0 Å². The average Bonchev–Trinajstić information content (AvgIpc) is 3.58. The summed E-state index contributed by atoms with van der Waals surface area (Å²) < 4.78 is 19.3. The van der Waals surface area contributed by atoms with Crippen molar-refractivity contribution in [2.45, 2.75) is 0 Å². The number of hydrogen-bond donors (Lipinski definition) is 0. The number of aryl methyl sites for hydroxylation is 1. The number of para-hydroxylation sites is 1. The summed E-state index contributed by atoms with van der Waals surface area (Å²) in [4.78, 5) is 29.7. The standard InChI is InChI=1S/C24H22FN6O2/c1-27-9-10-28(15-27)24(33)29-12-16-13-30(23(32)18(16)14-29)20-7-4-8-21-17(20)11-26-31(21)22-6-3-2-5-19(22)25/h2-11,15-16,18H,12-14H2,1H3/q+1. The number of anilines is 1. The molecule has 2 aromatic heterocycles. The van der Waals surface area contributed by atoms with E-state index in [9.17, 15) is 14.0 Å². The van der Waals surface area contributed by atoms with E-state index in [1.165, 1.54) is 6.07 Å². The number of carbonyl (C=O) groups excluding carboxylic acids is 2. The van der Waals surface area contributed by atoms with E-state index in [0.29, 0.717) is 25.3 Å². The van der Waals surface area contributed by atoms with E-state index in [0.717, 1.165) is 16.6 Å². The Bertz CT molecular complexity index is 1410. The highest BCUT2D eigenvalue weighted by molar-refractivity contribution is 6.05. The van der Waals surface area contributed by atoms with Crippen molar-refractivity contribution in [3.05, 3.63) is 73.2 Å². The number of nitrogens with zero attached hydrogens (tertiary/aromatic N) is 6. The fourth-order valence-electron chi connectivity index (χ4n) is 5.05. The molecule has 2 unspecified atom stereocenters. The maximum Gasteiger partial charge on any atom is 0.415 e. The second-order valence-corrected chi connectivity index (χ2v) is 8.71. The van der Waals surface area contributed by atoms with Crippen LogP contribution in [0.1, 0.15) is 0 Å². The molecule has 2 aromatic carbocycles. The van der Waals surface area contributed by atoms with Crippen molar-refractivity contribution < 1.29 is 18.5 Å². The molecule has 6 rings (SSSR count). The Balaban J connectivity index is 1.28.